The maximum Gasteiger partial charge on any atom is 0.283 e. The molecule has 2 heterocycles. The van der Waals surface area contributed by atoms with Crippen molar-refractivity contribution in [3.05, 3.63) is 87.0 Å². The van der Waals surface area contributed by atoms with Gasteiger partial charge in [0, 0.05) is 0 Å². The summed E-state index contributed by atoms with van der Waals surface area (Å²) in [5.41, 5.74) is 1.93. The van der Waals surface area contributed by atoms with Gasteiger partial charge in [0.05, 0.1) is 15.8 Å². The minimum atomic E-state index is -0.504. The molecular weight excluding hydrogens is 655 g/mol. The summed E-state index contributed by atoms with van der Waals surface area (Å²) >= 11 is 3.39. The van der Waals surface area contributed by atoms with Crippen LogP contribution >= 0.6 is 34.4 Å². The van der Waals surface area contributed by atoms with Crippen LogP contribution in [0, 0.1) is 15.9 Å². The molecule has 0 saturated heterocycles. The number of hydrazone groups is 1. The molecule has 11 heteroatoms. The lowest BCUT2D eigenvalue weighted by Crippen LogP contribution is -2.35. The number of nitrogens with zero attached hydrogens (tertiary/aromatic N) is 3. The SMILES string of the molecule is CCOc1cc(/C=C2/C(=N)N3N=C(COc4ccccc4)SC3=NC2=O)cc(I)c1OCCOc1cccc(C)c1. The Bertz CT molecular complexity index is 1560. The van der Waals surface area contributed by atoms with Crippen molar-refractivity contribution in [2.45, 2.75) is 13.8 Å². The normalized spacial score (nSPS) is 15.4. The number of ether oxygens (including phenoxy) is 4. The van der Waals surface area contributed by atoms with E-state index in [0.717, 1.165) is 14.9 Å². The Balaban J connectivity index is 1.29. The number of hydrogen-bond acceptors (Lipinski definition) is 8. The van der Waals surface area contributed by atoms with Gasteiger partial charge in [0.15, 0.2) is 17.3 Å². The molecule has 0 atom stereocenters. The lowest BCUT2D eigenvalue weighted by atomic mass is 10.1. The summed E-state index contributed by atoms with van der Waals surface area (Å²) < 4.78 is 24.3. The van der Waals surface area contributed by atoms with Crippen LogP contribution in [-0.4, -0.2) is 53.4 Å². The molecular formula is C30H27IN4O5S. The first-order valence-electron chi connectivity index (χ1n) is 12.9. The lowest BCUT2D eigenvalue weighted by Gasteiger charge is -2.20. The van der Waals surface area contributed by atoms with E-state index in [-0.39, 0.29) is 18.0 Å². The number of aryl methyl sites for hydroxylation is 1. The fourth-order valence-electron chi connectivity index (χ4n) is 4.00. The molecule has 1 amide bonds. The standard InChI is InChI=1S/C30H27IN4O5S/c1-3-37-25-17-20(16-24(31)27(25)39-13-12-38-22-11-7-8-19(2)14-22)15-23-28(32)35-30(33-29(23)36)41-26(34-35)18-40-21-9-5-4-6-10-21/h4-11,14-17,32H,3,12-13,18H2,1-2H3/b23-15-,32-28?. The summed E-state index contributed by atoms with van der Waals surface area (Å²) in [4.78, 5) is 17.1. The van der Waals surface area contributed by atoms with Gasteiger partial charge in [-0.15, -0.1) is 0 Å². The Hall–Kier alpha value is -3.84. The average molecular weight is 683 g/mol. The predicted octanol–water partition coefficient (Wildman–Crippen LogP) is 6.15. The van der Waals surface area contributed by atoms with Crippen molar-refractivity contribution < 1.29 is 23.7 Å². The second-order valence-electron chi connectivity index (χ2n) is 8.89. The highest BCUT2D eigenvalue weighted by Gasteiger charge is 2.35. The third kappa shape index (κ3) is 7.09. The maximum absolute atomic E-state index is 12.9. The summed E-state index contributed by atoms with van der Waals surface area (Å²) in [6.45, 7) is 5.24. The van der Waals surface area contributed by atoms with Crippen molar-refractivity contribution in [2.75, 3.05) is 26.4 Å². The van der Waals surface area contributed by atoms with E-state index in [2.05, 4.69) is 32.7 Å². The second-order valence-corrected chi connectivity index (χ2v) is 11.1. The zero-order valence-electron chi connectivity index (χ0n) is 22.4. The Morgan fingerprint density at radius 1 is 0.976 bits per heavy atom. The summed E-state index contributed by atoms with van der Waals surface area (Å²) in [6.07, 6.45) is 1.62. The number of aliphatic imine (C=N–C) groups is 1. The van der Waals surface area contributed by atoms with Crippen LogP contribution in [-0.2, 0) is 4.79 Å². The van der Waals surface area contributed by atoms with Crippen LogP contribution < -0.4 is 18.9 Å². The molecule has 41 heavy (non-hydrogen) atoms. The van der Waals surface area contributed by atoms with Crippen molar-refractivity contribution in [2.24, 2.45) is 10.1 Å². The second kappa shape index (κ2) is 13.2. The molecule has 0 saturated carbocycles. The number of benzene rings is 3. The topological polar surface area (TPSA) is 106 Å². The smallest absolute Gasteiger partial charge is 0.283 e. The number of amides is 1. The van der Waals surface area contributed by atoms with Gasteiger partial charge in [-0.25, -0.2) is 0 Å². The minimum absolute atomic E-state index is 0.0520. The van der Waals surface area contributed by atoms with Crippen LogP contribution in [0.5, 0.6) is 23.0 Å². The van der Waals surface area contributed by atoms with Gasteiger partial charge < -0.3 is 18.9 Å². The number of para-hydroxylation sites is 1. The van der Waals surface area contributed by atoms with Gasteiger partial charge in [-0.1, -0.05) is 30.3 Å². The van der Waals surface area contributed by atoms with Crippen molar-refractivity contribution in [1.29, 1.82) is 5.41 Å². The van der Waals surface area contributed by atoms with E-state index < -0.39 is 5.91 Å². The summed E-state index contributed by atoms with van der Waals surface area (Å²) in [5, 5.41) is 15.5. The highest BCUT2D eigenvalue weighted by molar-refractivity contribution is 14.1. The van der Waals surface area contributed by atoms with Crippen LogP contribution in [0.15, 0.2) is 82.4 Å². The molecule has 2 aliphatic heterocycles. The van der Waals surface area contributed by atoms with E-state index in [0.29, 0.717) is 52.8 Å². The Labute approximate surface area is 255 Å². The van der Waals surface area contributed by atoms with Crippen molar-refractivity contribution in [3.63, 3.8) is 0 Å². The number of thioether (sulfide) groups is 1. The maximum atomic E-state index is 12.9. The number of nitrogens with one attached hydrogen (secondary N) is 1. The molecule has 0 aliphatic carbocycles. The molecule has 0 spiro atoms. The fraction of sp³-hybridized carbons (Fsp3) is 0.200. The molecule has 0 fully saturated rings. The van der Waals surface area contributed by atoms with E-state index in [1.165, 1.54) is 16.8 Å². The van der Waals surface area contributed by atoms with E-state index in [9.17, 15) is 4.79 Å². The average Bonchev–Trinajstić information content (AvgIpc) is 3.37. The highest BCUT2D eigenvalue weighted by Crippen LogP contribution is 2.36. The van der Waals surface area contributed by atoms with Crippen LogP contribution in [0.25, 0.3) is 6.08 Å². The molecule has 5 rings (SSSR count). The molecule has 2 aliphatic rings. The molecule has 0 unspecified atom stereocenters. The Morgan fingerprint density at radius 3 is 2.54 bits per heavy atom. The van der Waals surface area contributed by atoms with Gasteiger partial charge >= 0.3 is 0 Å². The van der Waals surface area contributed by atoms with Crippen LogP contribution in [0.1, 0.15) is 18.1 Å². The Kier molecular flexibility index (Phi) is 9.24. The van der Waals surface area contributed by atoms with Gasteiger partial charge in [0.25, 0.3) is 5.91 Å². The van der Waals surface area contributed by atoms with Crippen molar-refractivity contribution in [1.82, 2.24) is 5.01 Å². The molecule has 0 radical (unpaired) electrons. The molecule has 210 valence electrons. The van der Waals surface area contributed by atoms with E-state index in [1.807, 2.05) is 74.5 Å². The van der Waals surface area contributed by atoms with E-state index in [1.54, 1.807) is 12.1 Å². The van der Waals surface area contributed by atoms with Crippen LogP contribution in [0.3, 0.4) is 0 Å². The summed E-state index contributed by atoms with van der Waals surface area (Å²) in [5.74, 6) is 2.07. The minimum Gasteiger partial charge on any atom is -0.490 e. The van der Waals surface area contributed by atoms with Gasteiger partial charge in [-0.3, -0.25) is 10.2 Å². The fourth-order valence-corrected chi connectivity index (χ4v) is 5.58. The van der Waals surface area contributed by atoms with E-state index >= 15 is 0 Å². The monoisotopic (exact) mass is 682 g/mol. The number of fused-ring (bicyclic) bond motifs is 1. The third-order valence-corrected chi connectivity index (χ3v) is 7.52. The number of hydrogen-bond donors (Lipinski definition) is 1. The molecule has 0 bridgehead atoms. The summed E-state index contributed by atoms with van der Waals surface area (Å²) in [7, 11) is 0. The van der Waals surface area contributed by atoms with Gasteiger partial charge in [-0.05, 0) is 102 Å². The number of rotatable bonds is 11. The predicted molar refractivity (Wildman–Crippen MR) is 169 cm³/mol. The number of halogens is 1. The molecule has 1 N–H and O–H groups in total. The number of carbonyl (C=O) groups excluding carboxylic acids is 1. The van der Waals surface area contributed by atoms with Crippen molar-refractivity contribution in [3.8, 4) is 23.0 Å². The molecule has 9 nitrogen and oxygen atoms in total. The zero-order chi connectivity index (χ0) is 28.8. The zero-order valence-corrected chi connectivity index (χ0v) is 25.4. The quantitative estimate of drug-likeness (QED) is 0.147. The third-order valence-electron chi connectivity index (χ3n) is 5.83. The van der Waals surface area contributed by atoms with Gasteiger partial charge in [-0.2, -0.15) is 15.1 Å². The number of carbonyl (C=O) groups is 1. The largest absolute Gasteiger partial charge is 0.490 e. The first-order chi connectivity index (χ1) is 19.9. The lowest BCUT2D eigenvalue weighted by molar-refractivity contribution is -0.114. The van der Waals surface area contributed by atoms with Gasteiger partial charge in [0.1, 0.15) is 36.4 Å². The van der Waals surface area contributed by atoms with Crippen LogP contribution in [0.4, 0.5) is 0 Å². The molecule has 0 aromatic heterocycles. The number of amidine groups is 2. The highest BCUT2D eigenvalue weighted by atomic mass is 127. The Morgan fingerprint density at radius 2 is 1.76 bits per heavy atom. The van der Waals surface area contributed by atoms with Gasteiger partial charge in [0.2, 0.25) is 5.17 Å². The summed E-state index contributed by atoms with van der Waals surface area (Å²) in [6, 6.07) is 20.9. The first kappa shape index (κ1) is 28.7. The first-order valence-corrected chi connectivity index (χ1v) is 14.8. The van der Waals surface area contributed by atoms with Crippen molar-refractivity contribution >= 4 is 62.4 Å². The molecule has 3 aromatic carbocycles. The molecule has 3 aromatic rings. The van der Waals surface area contributed by atoms with Crippen LogP contribution in [0.2, 0.25) is 0 Å². The van der Waals surface area contributed by atoms with E-state index in [4.69, 9.17) is 24.4 Å².